The Morgan fingerprint density at radius 1 is 0.952 bits per heavy atom. The third kappa shape index (κ3) is 3.52. The quantitative estimate of drug-likeness (QED) is 0.406. The van der Waals surface area contributed by atoms with E-state index < -0.39 is 43.2 Å². The van der Waals surface area contributed by atoms with Gasteiger partial charge in [0.1, 0.15) is 30.2 Å². The van der Waals surface area contributed by atoms with Gasteiger partial charge in [-0.3, -0.25) is 0 Å². The van der Waals surface area contributed by atoms with Crippen LogP contribution in [-0.4, -0.2) is 67.8 Å². The Balaban J connectivity index is 2.05. The number of ether oxygens (including phenoxy) is 1. The van der Waals surface area contributed by atoms with Crippen molar-refractivity contribution in [2.45, 2.75) is 43.0 Å². The molecule has 1 fully saturated rings. The summed E-state index contributed by atoms with van der Waals surface area (Å²) in [6.07, 6.45) is -7.14. The zero-order chi connectivity index (χ0) is 15.6. The van der Waals surface area contributed by atoms with Crippen molar-refractivity contribution in [2.75, 3.05) is 6.61 Å². The van der Waals surface area contributed by atoms with Crippen LogP contribution in [0.2, 0.25) is 0 Å². The molecular weight excluding hydrogens is 280 g/mol. The summed E-state index contributed by atoms with van der Waals surface area (Å²) in [6, 6.07) is 5.91. The predicted molar refractivity (Wildman–Crippen MR) is 71.5 cm³/mol. The normalized spacial score (nSPS) is 34.6. The second-order valence-electron chi connectivity index (χ2n) is 5.21. The Morgan fingerprint density at radius 3 is 2.10 bits per heavy atom. The third-order valence-corrected chi connectivity index (χ3v) is 3.72. The van der Waals surface area contributed by atoms with E-state index in [1.165, 1.54) is 24.3 Å². The molecule has 0 aromatic heterocycles. The fourth-order valence-corrected chi connectivity index (χ4v) is 2.43. The summed E-state index contributed by atoms with van der Waals surface area (Å²) in [7, 11) is 0. The van der Waals surface area contributed by atoms with Crippen molar-refractivity contribution >= 4 is 0 Å². The van der Waals surface area contributed by atoms with E-state index in [4.69, 9.17) is 9.84 Å². The number of hydrogen-bond acceptors (Lipinski definition) is 7. The van der Waals surface area contributed by atoms with Gasteiger partial charge in [0, 0.05) is 6.42 Å². The number of phenols is 1. The first-order valence-electron chi connectivity index (χ1n) is 6.71. The predicted octanol–water partition coefficient (Wildman–Crippen LogP) is -1.34. The molecule has 6 N–H and O–H groups in total. The molecule has 21 heavy (non-hydrogen) atoms. The highest BCUT2D eigenvalue weighted by molar-refractivity contribution is 5.27. The van der Waals surface area contributed by atoms with E-state index >= 15 is 0 Å². The molecule has 0 amide bonds. The molecule has 1 heterocycles. The Hall–Kier alpha value is -1.22. The van der Waals surface area contributed by atoms with Gasteiger partial charge in [-0.2, -0.15) is 0 Å². The lowest BCUT2D eigenvalue weighted by atomic mass is 9.91. The van der Waals surface area contributed by atoms with Crippen LogP contribution in [0.1, 0.15) is 18.1 Å². The molecule has 0 radical (unpaired) electrons. The van der Waals surface area contributed by atoms with E-state index in [9.17, 15) is 25.5 Å². The molecule has 7 heteroatoms. The smallest absolute Gasteiger partial charge is 0.115 e. The summed E-state index contributed by atoms with van der Waals surface area (Å²) in [4.78, 5) is 0. The van der Waals surface area contributed by atoms with Crippen molar-refractivity contribution in [2.24, 2.45) is 0 Å². The molecule has 2 rings (SSSR count). The first-order valence-corrected chi connectivity index (χ1v) is 6.71. The van der Waals surface area contributed by atoms with Crippen LogP contribution in [0.3, 0.4) is 0 Å². The maximum Gasteiger partial charge on any atom is 0.115 e. The van der Waals surface area contributed by atoms with Crippen molar-refractivity contribution in [1.29, 1.82) is 0 Å². The maximum atomic E-state index is 10.1. The summed E-state index contributed by atoms with van der Waals surface area (Å²) < 4.78 is 5.33. The van der Waals surface area contributed by atoms with E-state index in [0.29, 0.717) is 5.56 Å². The highest BCUT2D eigenvalue weighted by Crippen LogP contribution is 2.28. The van der Waals surface area contributed by atoms with Crippen LogP contribution in [0.5, 0.6) is 5.75 Å². The number of aliphatic hydroxyl groups is 5. The largest absolute Gasteiger partial charge is 0.508 e. The fourth-order valence-electron chi connectivity index (χ4n) is 2.43. The standard InChI is InChI=1S/C14H20O7/c15-6-11-13(19)14(20)12(18)10(21-11)5-9(17)7-1-3-8(16)4-2-7/h1-4,9-20H,5-6H2/t9?,10?,11-,12-,13-,14-/m1/s1. The third-order valence-electron chi connectivity index (χ3n) is 3.72. The molecule has 1 saturated heterocycles. The van der Waals surface area contributed by atoms with Crippen LogP contribution in [0, 0.1) is 0 Å². The lowest BCUT2D eigenvalue weighted by molar-refractivity contribution is -0.234. The number of aliphatic hydroxyl groups excluding tert-OH is 5. The van der Waals surface area contributed by atoms with E-state index in [1.54, 1.807) is 0 Å². The summed E-state index contributed by atoms with van der Waals surface area (Å²) in [5.74, 6) is 0.0683. The van der Waals surface area contributed by atoms with E-state index in [0.717, 1.165) is 0 Å². The molecule has 0 bridgehead atoms. The van der Waals surface area contributed by atoms with Crippen LogP contribution in [0.25, 0.3) is 0 Å². The summed E-state index contributed by atoms with van der Waals surface area (Å²) >= 11 is 0. The van der Waals surface area contributed by atoms with Gasteiger partial charge in [0.05, 0.1) is 18.8 Å². The van der Waals surface area contributed by atoms with Gasteiger partial charge in [0.2, 0.25) is 0 Å². The van der Waals surface area contributed by atoms with Crippen molar-refractivity contribution in [3.05, 3.63) is 29.8 Å². The number of rotatable bonds is 4. The second-order valence-corrected chi connectivity index (χ2v) is 5.21. The minimum Gasteiger partial charge on any atom is -0.508 e. The van der Waals surface area contributed by atoms with Gasteiger partial charge >= 0.3 is 0 Å². The molecule has 1 aliphatic rings. The van der Waals surface area contributed by atoms with Gasteiger partial charge in [0.15, 0.2) is 0 Å². The summed E-state index contributed by atoms with van der Waals surface area (Å²) in [5, 5.41) is 57.7. The lowest BCUT2D eigenvalue weighted by Gasteiger charge is -2.40. The average Bonchev–Trinajstić information content (AvgIpc) is 2.48. The summed E-state index contributed by atoms with van der Waals surface area (Å²) in [5.41, 5.74) is 0.518. The topological polar surface area (TPSA) is 131 Å². The van der Waals surface area contributed by atoms with Gasteiger partial charge in [-0.05, 0) is 17.7 Å². The van der Waals surface area contributed by atoms with Crippen molar-refractivity contribution in [1.82, 2.24) is 0 Å². The van der Waals surface area contributed by atoms with E-state index in [2.05, 4.69) is 0 Å². The van der Waals surface area contributed by atoms with Gasteiger partial charge in [0.25, 0.3) is 0 Å². The Morgan fingerprint density at radius 2 is 1.52 bits per heavy atom. The molecule has 0 aliphatic carbocycles. The van der Waals surface area contributed by atoms with Gasteiger partial charge in [-0.15, -0.1) is 0 Å². The number of phenolic OH excluding ortho intramolecular Hbond substituents is 1. The molecule has 0 spiro atoms. The van der Waals surface area contributed by atoms with Crippen molar-refractivity contribution in [3.8, 4) is 5.75 Å². The SMILES string of the molecule is OC[C@H]1OC(CC(O)c2ccc(O)cc2)[C@@H](O)[C@@H](O)[C@@H]1O. The lowest BCUT2D eigenvalue weighted by Crippen LogP contribution is -2.58. The van der Waals surface area contributed by atoms with Crippen molar-refractivity contribution in [3.63, 3.8) is 0 Å². The van der Waals surface area contributed by atoms with Gasteiger partial charge in [-0.25, -0.2) is 0 Å². The zero-order valence-corrected chi connectivity index (χ0v) is 11.3. The molecule has 1 aliphatic heterocycles. The molecule has 6 atom stereocenters. The average molecular weight is 300 g/mol. The summed E-state index contributed by atoms with van der Waals surface area (Å²) in [6.45, 7) is -0.503. The van der Waals surface area contributed by atoms with E-state index in [1.807, 2.05) is 0 Å². The first-order chi connectivity index (χ1) is 9.93. The van der Waals surface area contributed by atoms with Crippen LogP contribution >= 0.6 is 0 Å². The number of hydrogen-bond donors (Lipinski definition) is 6. The molecule has 2 unspecified atom stereocenters. The van der Waals surface area contributed by atoms with Crippen LogP contribution in [0.15, 0.2) is 24.3 Å². The van der Waals surface area contributed by atoms with E-state index in [-0.39, 0.29) is 12.2 Å². The van der Waals surface area contributed by atoms with Crippen LogP contribution in [0.4, 0.5) is 0 Å². The Bertz CT molecular complexity index is 447. The Labute approximate surface area is 121 Å². The maximum absolute atomic E-state index is 10.1. The van der Waals surface area contributed by atoms with Crippen LogP contribution < -0.4 is 0 Å². The molecule has 118 valence electrons. The highest BCUT2D eigenvalue weighted by Gasteiger charge is 2.43. The van der Waals surface area contributed by atoms with Crippen LogP contribution in [-0.2, 0) is 4.74 Å². The van der Waals surface area contributed by atoms with Gasteiger partial charge in [-0.1, -0.05) is 12.1 Å². The molecule has 1 aromatic carbocycles. The number of aromatic hydroxyl groups is 1. The zero-order valence-electron chi connectivity index (χ0n) is 11.3. The molecule has 1 aromatic rings. The Kier molecular flexibility index (Phi) is 5.15. The molecule has 0 saturated carbocycles. The van der Waals surface area contributed by atoms with Gasteiger partial charge < -0.3 is 35.4 Å². The minimum absolute atomic E-state index is 0.0216. The van der Waals surface area contributed by atoms with Crippen molar-refractivity contribution < 1.29 is 35.4 Å². The fraction of sp³-hybridized carbons (Fsp3) is 0.571. The molecular formula is C14H20O7. The monoisotopic (exact) mass is 300 g/mol. The minimum atomic E-state index is -1.45. The second kappa shape index (κ2) is 6.69. The molecule has 7 nitrogen and oxygen atoms in total. The first kappa shape index (κ1) is 16.2. The number of benzene rings is 1. The highest BCUT2D eigenvalue weighted by atomic mass is 16.5.